The Kier molecular flexibility index (Phi) is 4.66. The molecule has 0 heterocycles. The summed E-state index contributed by atoms with van der Waals surface area (Å²) in [7, 11) is 1.86. The fourth-order valence-corrected chi connectivity index (χ4v) is 2.95. The van der Waals surface area contributed by atoms with Crippen LogP contribution in [0.5, 0.6) is 0 Å². The van der Waals surface area contributed by atoms with Crippen LogP contribution >= 0.6 is 0 Å². The fraction of sp³-hybridized carbons (Fsp3) is 1.00. The third kappa shape index (κ3) is 3.74. The summed E-state index contributed by atoms with van der Waals surface area (Å²) in [6.07, 6.45) is 11.3. The van der Waals surface area contributed by atoms with Crippen LogP contribution in [0, 0.1) is 5.92 Å². The third-order valence-corrected chi connectivity index (χ3v) is 4.24. The summed E-state index contributed by atoms with van der Waals surface area (Å²) in [5.74, 6) is 1.04. The SMILES string of the molecule is CCC(CC1CC1)NC1CCCC(OC)C1. The molecule has 0 amide bonds. The second-order valence-electron chi connectivity index (χ2n) is 5.67. The molecule has 2 fully saturated rings. The predicted molar refractivity (Wildman–Crippen MR) is 67.6 cm³/mol. The van der Waals surface area contributed by atoms with Crippen LogP contribution < -0.4 is 5.32 Å². The maximum Gasteiger partial charge on any atom is 0.0586 e. The summed E-state index contributed by atoms with van der Waals surface area (Å²) in [4.78, 5) is 0. The minimum Gasteiger partial charge on any atom is -0.381 e. The summed E-state index contributed by atoms with van der Waals surface area (Å²) >= 11 is 0. The first kappa shape index (κ1) is 12.4. The Morgan fingerprint density at radius 1 is 1.25 bits per heavy atom. The van der Waals surface area contributed by atoms with Crippen LogP contribution in [-0.4, -0.2) is 25.3 Å². The monoisotopic (exact) mass is 225 g/mol. The van der Waals surface area contributed by atoms with Gasteiger partial charge in [0.05, 0.1) is 6.10 Å². The van der Waals surface area contributed by atoms with Crippen molar-refractivity contribution in [2.75, 3.05) is 7.11 Å². The van der Waals surface area contributed by atoms with Gasteiger partial charge in [0, 0.05) is 19.2 Å². The van der Waals surface area contributed by atoms with E-state index in [1.54, 1.807) is 0 Å². The van der Waals surface area contributed by atoms with Gasteiger partial charge in [-0.05, 0) is 44.4 Å². The molecule has 0 aromatic heterocycles. The topological polar surface area (TPSA) is 21.3 Å². The van der Waals surface area contributed by atoms with Gasteiger partial charge in [0.25, 0.3) is 0 Å². The van der Waals surface area contributed by atoms with Crippen molar-refractivity contribution in [2.24, 2.45) is 5.92 Å². The molecule has 2 heteroatoms. The quantitative estimate of drug-likeness (QED) is 0.750. The molecule has 0 spiro atoms. The van der Waals surface area contributed by atoms with Crippen LogP contribution in [0.15, 0.2) is 0 Å². The maximum atomic E-state index is 5.49. The zero-order valence-electron chi connectivity index (χ0n) is 10.9. The van der Waals surface area contributed by atoms with E-state index in [0.29, 0.717) is 12.1 Å². The molecule has 2 aliphatic rings. The third-order valence-electron chi connectivity index (χ3n) is 4.24. The molecule has 0 aromatic carbocycles. The molecule has 3 atom stereocenters. The summed E-state index contributed by atoms with van der Waals surface area (Å²) in [6.45, 7) is 2.32. The van der Waals surface area contributed by atoms with Gasteiger partial charge in [-0.3, -0.25) is 0 Å². The van der Waals surface area contributed by atoms with Gasteiger partial charge in [-0.25, -0.2) is 0 Å². The molecule has 0 saturated heterocycles. The number of methoxy groups -OCH3 is 1. The molecule has 1 N–H and O–H groups in total. The van der Waals surface area contributed by atoms with Gasteiger partial charge in [0.2, 0.25) is 0 Å². The Labute approximate surface area is 100 Å². The average Bonchev–Trinajstić information content (AvgIpc) is 3.12. The lowest BCUT2D eigenvalue weighted by molar-refractivity contribution is 0.0564. The van der Waals surface area contributed by atoms with E-state index in [1.165, 1.54) is 51.4 Å². The van der Waals surface area contributed by atoms with Gasteiger partial charge in [-0.1, -0.05) is 19.8 Å². The summed E-state index contributed by atoms with van der Waals surface area (Å²) < 4.78 is 5.49. The zero-order chi connectivity index (χ0) is 11.4. The number of ether oxygens (including phenoxy) is 1. The van der Waals surface area contributed by atoms with Crippen LogP contribution in [0.3, 0.4) is 0 Å². The smallest absolute Gasteiger partial charge is 0.0586 e. The lowest BCUT2D eigenvalue weighted by atomic mass is 9.91. The summed E-state index contributed by atoms with van der Waals surface area (Å²) in [6, 6.07) is 1.47. The molecule has 2 rings (SSSR count). The molecule has 3 unspecified atom stereocenters. The van der Waals surface area contributed by atoms with Crippen LogP contribution in [-0.2, 0) is 4.74 Å². The first-order chi connectivity index (χ1) is 7.81. The lowest BCUT2D eigenvalue weighted by Gasteiger charge is -2.32. The molecule has 16 heavy (non-hydrogen) atoms. The fourth-order valence-electron chi connectivity index (χ4n) is 2.95. The van der Waals surface area contributed by atoms with Crippen molar-refractivity contribution in [2.45, 2.75) is 76.5 Å². The molecule has 0 aliphatic heterocycles. The number of rotatable bonds is 6. The van der Waals surface area contributed by atoms with Gasteiger partial charge in [0.15, 0.2) is 0 Å². The molecular formula is C14H27NO. The Morgan fingerprint density at radius 2 is 2.06 bits per heavy atom. The number of nitrogens with one attached hydrogen (secondary N) is 1. The van der Waals surface area contributed by atoms with Crippen molar-refractivity contribution in [3.8, 4) is 0 Å². The Morgan fingerprint density at radius 3 is 2.69 bits per heavy atom. The van der Waals surface area contributed by atoms with E-state index in [0.717, 1.165) is 12.0 Å². The molecule has 0 radical (unpaired) electrons. The van der Waals surface area contributed by atoms with Gasteiger partial charge in [-0.15, -0.1) is 0 Å². The van der Waals surface area contributed by atoms with E-state index in [1.807, 2.05) is 7.11 Å². The van der Waals surface area contributed by atoms with Crippen LogP contribution in [0.1, 0.15) is 58.3 Å². The highest BCUT2D eigenvalue weighted by atomic mass is 16.5. The second kappa shape index (κ2) is 6.02. The molecule has 2 nitrogen and oxygen atoms in total. The van der Waals surface area contributed by atoms with Crippen molar-refractivity contribution >= 4 is 0 Å². The van der Waals surface area contributed by atoms with Crippen molar-refractivity contribution in [1.29, 1.82) is 0 Å². The van der Waals surface area contributed by atoms with E-state index in [2.05, 4.69) is 12.2 Å². The van der Waals surface area contributed by atoms with Crippen LogP contribution in [0.2, 0.25) is 0 Å². The van der Waals surface area contributed by atoms with E-state index < -0.39 is 0 Å². The zero-order valence-corrected chi connectivity index (χ0v) is 10.9. The van der Waals surface area contributed by atoms with Gasteiger partial charge >= 0.3 is 0 Å². The Bertz CT molecular complexity index is 203. The van der Waals surface area contributed by atoms with Crippen molar-refractivity contribution in [3.63, 3.8) is 0 Å². The highest BCUT2D eigenvalue weighted by Gasteiger charge is 2.27. The van der Waals surface area contributed by atoms with Crippen LogP contribution in [0.4, 0.5) is 0 Å². The van der Waals surface area contributed by atoms with E-state index >= 15 is 0 Å². The van der Waals surface area contributed by atoms with Crippen molar-refractivity contribution < 1.29 is 4.74 Å². The first-order valence-corrected chi connectivity index (χ1v) is 7.10. The van der Waals surface area contributed by atoms with Gasteiger partial charge in [-0.2, -0.15) is 0 Å². The maximum absolute atomic E-state index is 5.49. The molecule has 94 valence electrons. The second-order valence-corrected chi connectivity index (χ2v) is 5.67. The summed E-state index contributed by atoms with van der Waals surface area (Å²) in [5, 5.41) is 3.86. The summed E-state index contributed by atoms with van der Waals surface area (Å²) in [5.41, 5.74) is 0. The number of hydrogen-bond donors (Lipinski definition) is 1. The first-order valence-electron chi connectivity index (χ1n) is 7.10. The normalized spacial score (nSPS) is 32.6. The van der Waals surface area contributed by atoms with Gasteiger partial charge in [0.1, 0.15) is 0 Å². The number of hydrogen-bond acceptors (Lipinski definition) is 2. The van der Waals surface area contributed by atoms with Crippen molar-refractivity contribution in [1.82, 2.24) is 5.32 Å². The van der Waals surface area contributed by atoms with E-state index in [9.17, 15) is 0 Å². The van der Waals surface area contributed by atoms with Crippen LogP contribution in [0.25, 0.3) is 0 Å². The minimum absolute atomic E-state index is 0.504. The lowest BCUT2D eigenvalue weighted by Crippen LogP contribution is -2.42. The van der Waals surface area contributed by atoms with E-state index in [4.69, 9.17) is 4.74 Å². The van der Waals surface area contributed by atoms with Crippen molar-refractivity contribution in [3.05, 3.63) is 0 Å². The molecule has 2 saturated carbocycles. The Hall–Kier alpha value is -0.0800. The average molecular weight is 225 g/mol. The molecule has 0 aromatic rings. The standard InChI is InChI=1S/C14H27NO/c1-3-12(9-11-7-8-11)15-13-5-4-6-14(10-13)16-2/h11-15H,3-10H2,1-2H3. The predicted octanol–water partition coefficient (Wildman–Crippen LogP) is 3.11. The highest BCUT2D eigenvalue weighted by Crippen LogP contribution is 2.34. The van der Waals surface area contributed by atoms with Gasteiger partial charge < -0.3 is 10.1 Å². The minimum atomic E-state index is 0.504. The Balaban J connectivity index is 1.72. The largest absolute Gasteiger partial charge is 0.381 e. The highest BCUT2D eigenvalue weighted by molar-refractivity contribution is 4.84. The van der Waals surface area contributed by atoms with E-state index in [-0.39, 0.29) is 0 Å². The molecule has 2 aliphatic carbocycles. The molecule has 0 bridgehead atoms. The molecular weight excluding hydrogens is 198 g/mol.